The molecule has 1 heterocycles. The van der Waals surface area contributed by atoms with Gasteiger partial charge in [-0.25, -0.2) is 4.98 Å². The molecule has 0 saturated heterocycles. The summed E-state index contributed by atoms with van der Waals surface area (Å²) in [5, 5.41) is 6.90. The number of H-pyrrole nitrogens is 1. The summed E-state index contributed by atoms with van der Waals surface area (Å²) >= 11 is 0. The second-order valence-corrected chi connectivity index (χ2v) is 5.74. The van der Waals surface area contributed by atoms with Crippen LogP contribution in [0.25, 0.3) is 0 Å². The number of fused-ring (bicyclic) bond motifs is 1. The molecule has 0 bridgehead atoms. The maximum atomic E-state index is 12.6. The average Bonchev–Trinajstić information content (AvgIpc) is 2.91. The third-order valence-corrected chi connectivity index (χ3v) is 4.09. The van der Waals surface area contributed by atoms with E-state index in [4.69, 9.17) is 0 Å². The fourth-order valence-electron chi connectivity index (χ4n) is 2.97. The SMILES string of the molecule is Cc1nc(CN(C)C(=O)C2CCc3ccccc3C2)n[nH]1. The molecule has 0 saturated carbocycles. The van der Waals surface area contributed by atoms with Crippen molar-refractivity contribution in [2.45, 2.75) is 32.7 Å². The van der Waals surface area contributed by atoms with Gasteiger partial charge in [-0.15, -0.1) is 0 Å². The molecule has 1 aromatic carbocycles. The topological polar surface area (TPSA) is 61.9 Å². The fraction of sp³-hybridized carbons (Fsp3) is 0.438. The molecule has 1 aromatic heterocycles. The van der Waals surface area contributed by atoms with E-state index in [2.05, 4.69) is 33.4 Å². The zero-order valence-corrected chi connectivity index (χ0v) is 12.5. The molecule has 0 spiro atoms. The van der Waals surface area contributed by atoms with Gasteiger partial charge < -0.3 is 4.90 Å². The van der Waals surface area contributed by atoms with Gasteiger partial charge in [0.1, 0.15) is 5.82 Å². The quantitative estimate of drug-likeness (QED) is 0.936. The fourth-order valence-corrected chi connectivity index (χ4v) is 2.97. The number of hydrogen-bond donors (Lipinski definition) is 1. The van der Waals surface area contributed by atoms with Crippen LogP contribution in [-0.2, 0) is 24.2 Å². The number of amides is 1. The number of aromatic nitrogens is 3. The summed E-state index contributed by atoms with van der Waals surface area (Å²) in [5.74, 6) is 1.70. The predicted molar refractivity (Wildman–Crippen MR) is 79.6 cm³/mol. The van der Waals surface area contributed by atoms with Crippen LogP contribution in [0.2, 0.25) is 0 Å². The Balaban J connectivity index is 1.66. The molecule has 5 heteroatoms. The largest absolute Gasteiger partial charge is 0.338 e. The molecule has 0 aliphatic heterocycles. The summed E-state index contributed by atoms with van der Waals surface area (Å²) in [6.07, 6.45) is 2.75. The summed E-state index contributed by atoms with van der Waals surface area (Å²) in [4.78, 5) is 18.6. The molecule has 5 nitrogen and oxygen atoms in total. The Hall–Kier alpha value is -2.17. The normalized spacial score (nSPS) is 17.3. The zero-order chi connectivity index (χ0) is 14.8. The Morgan fingerprint density at radius 1 is 1.38 bits per heavy atom. The highest BCUT2D eigenvalue weighted by atomic mass is 16.2. The average molecular weight is 284 g/mol. The molecule has 1 N–H and O–H groups in total. The van der Waals surface area contributed by atoms with Crippen LogP contribution >= 0.6 is 0 Å². The monoisotopic (exact) mass is 284 g/mol. The van der Waals surface area contributed by atoms with E-state index >= 15 is 0 Å². The van der Waals surface area contributed by atoms with E-state index in [1.165, 1.54) is 11.1 Å². The molecule has 3 rings (SSSR count). The number of carbonyl (C=O) groups excluding carboxylic acids is 1. The molecule has 1 atom stereocenters. The van der Waals surface area contributed by atoms with Crippen molar-refractivity contribution in [3.05, 3.63) is 47.0 Å². The first-order chi connectivity index (χ1) is 10.1. The van der Waals surface area contributed by atoms with E-state index in [1.54, 1.807) is 4.90 Å². The molecule has 2 aromatic rings. The van der Waals surface area contributed by atoms with Gasteiger partial charge in [-0.2, -0.15) is 5.10 Å². The predicted octanol–water partition coefficient (Wildman–Crippen LogP) is 1.88. The summed E-state index contributed by atoms with van der Waals surface area (Å²) in [7, 11) is 1.83. The molecule has 1 aliphatic rings. The van der Waals surface area contributed by atoms with Crippen LogP contribution in [0.1, 0.15) is 29.2 Å². The van der Waals surface area contributed by atoms with Crippen molar-refractivity contribution in [1.82, 2.24) is 20.1 Å². The van der Waals surface area contributed by atoms with Crippen LogP contribution in [0, 0.1) is 12.8 Å². The first-order valence-electron chi connectivity index (χ1n) is 7.33. The van der Waals surface area contributed by atoms with Gasteiger partial charge in [-0.1, -0.05) is 24.3 Å². The molecule has 1 aliphatic carbocycles. The van der Waals surface area contributed by atoms with Crippen molar-refractivity contribution >= 4 is 5.91 Å². The summed E-state index contributed by atoms with van der Waals surface area (Å²) in [5.41, 5.74) is 2.69. The maximum absolute atomic E-state index is 12.6. The van der Waals surface area contributed by atoms with Gasteiger partial charge in [0.15, 0.2) is 5.82 Å². The first-order valence-corrected chi connectivity index (χ1v) is 7.33. The van der Waals surface area contributed by atoms with E-state index in [1.807, 2.05) is 20.0 Å². The summed E-state index contributed by atoms with van der Waals surface area (Å²) in [6, 6.07) is 8.41. The number of benzene rings is 1. The van der Waals surface area contributed by atoms with Crippen LogP contribution in [0.5, 0.6) is 0 Å². The Morgan fingerprint density at radius 2 is 2.14 bits per heavy atom. The van der Waals surface area contributed by atoms with Crippen molar-refractivity contribution in [1.29, 1.82) is 0 Å². The molecule has 110 valence electrons. The standard InChI is InChI=1S/C16H20N4O/c1-11-17-15(19-18-11)10-20(2)16(21)14-8-7-12-5-3-4-6-13(12)9-14/h3-6,14H,7-10H2,1-2H3,(H,17,18,19). The Bertz CT molecular complexity index is 649. The van der Waals surface area contributed by atoms with E-state index < -0.39 is 0 Å². The Kier molecular flexibility index (Phi) is 3.73. The number of hydrogen-bond acceptors (Lipinski definition) is 3. The van der Waals surface area contributed by atoms with Crippen molar-refractivity contribution in [3.8, 4) is 0 Å². The van der Waals surface area contributed by atoms with Crippen LogP contribution in [-0.4, -0.2) is 33.0 Å². The van der Waals surface area contributed by atoms with Gasteiger partial charge in [0.2, 0.25) is 5.91 Å². The van der Waals surface area contributed by atoms with Gasteiger partial charge >= 0.3 is 0 Å². The van der Waals surface area contributed by atoms with Crippen molar-refractivity contribution in [2.75, 3.05) is 7.05 Å². The lowest BCUT2D eigenvalue weighted by atomic mass is 9.83. The smallest absolute Gasteiger partial charge is 0.226 e. The van der Waals surface area contributed by atoms with Crippen LogP contribution in [0.4, 0.5) is 0 Å². The molecule has 0 radical (unpaired) electrons. The summed E-state index contributed by atoms with van der Waals surface area (Å²) in [6.45, 7) is 2.32. The lowest BCUT2D eigenvalue weighted by molar-refractivity contribution is -0.135. The van der Waals surface area contributed by atoms with Gasteiger partial charge in [0, 0.05) is 13.0 Å². The lowest BCUT2D eigenvalue weighted by Crippen LogP contribution is -2.35. The number of aryl methyl sites for hydroxylation is 2. The second kappa shape index (κ2) is 5.68. The highest BCUT2D eigenvalue weighted by Gasteiger charge is 2.27. The maximum Gasteiger partial charge on any atom is 0.226 e. The van der Waals surface area contributed by atoms with Gasteiger partial charge in [0.25, 0.3) is 0 Å². The number of carbonyl (C=O) groups is 1. The first kappa shape index (κ1) is 13.8. The van der Waals surface area contributed by atoms with E-state index in [0.717, 1.165) is 25.1 Å². The molecule has 21 heavy (non-hydrogen) atoms. The van der Waals surface area contributed by atoms with Gasteiger partial charge in [-0.3, -0.25) is 9.89 Å². The summed E-state index contributed by atoms with van der Waals surface area (Å²) < 4.78 is 0. The highest BCUT2D eigenvalue weighted by molar-refractivity contribution is 5.79. The van der Waals surface area contributed by atoms with Crippen molar-refractivity contribution < 1.29 is 4.79 Å². The molecule has 0 fully saturated rings. The molecular weight excluding hydrogens is 264 g/mol. The van der Waals surface area contributed by atoms with E-state index in [-0.39, 0.29) is 11.8 Å². The molecule has 1 unspecified atom stereocenters. The van der Waals surface area contributed by atoms with Crippen molar-refractivity contribution in [2.24, 2.45) is 5.92 Å². The van der Waals surface area contributed by atoms with Crippen molar-refractivity contribution in [3.63, 3.8) is 0 Å². The number of nitrogens with zero attached hydrogens (tertiary/aromatic N) is 3. The minimum atomic E-state index is 0.0740. The number of nitrogens with one attached hydrogen (secondary N) is 1. The van der Waals surface area contributed by atoms with E-state index in [0.29, 0.717) is 12.4 Å². The number of rotatable bonds is 3. The lowest BCUT2D eigenvalue weighted by Gasteiger charge is -2.27. The molecular formula is C16H20N4O. The Labute approximate surface area is 124 Å². The zero-order valence-electron chi connectivity index (χ0n) is 12.5. The minimum absolute atomic E-state index is 0.0740. The third-order valence-electron chi connectivity index (χ3n) is 4.09. The van der Waals surface area contributed by atoms with Gasteiger partial charge in [0.05, 0.1) is 6.54 Å². The van der Waals surface area contributed by atoms with Crippen LogP contribution in [0.15, 0.2) is 24.3 Å². The Morgan fingerprint density at radius 3 is 2.86 bits per heavy atom. The van der Waals surface area contributed by atoms with Crippen LogP contribution < -0.4 is 0 Å². The van der Waals surface area contributed by atoms with E-state index in [9.17, 15) is 4.79 Å². The third kappa shape index (κ3) is 2.96. The second-order valence-electron chi connectivity index (χ2n) is 5.74. The molecule has 1 amide bonds. The highest BCUT2D eigenvalue weighted by Crippen LogP contribution is 2.26. The minimum Gasteiger partial charge on any atom is -0.338 e. The van der Waals surface area contributed by atoms with Gasteiger partial charge in [-0.05, 0) is 37.3 Å². The number of aromatic amines is 1. The van der Waals surface area contributed by atoms with Crippen LogP contribution in [0.3, 0.4) is 0 Å².